The molecule has 13 heavy (non-hydrogen) atoms. The Bertz CT molecular complexity index is 240. The first-order chi connectivity index (χ1) is 6.29. The van der Waals surface area contributed by atoms with Crippen LogP contribution in [-0.2, 0) is 0 Å². The zero-order valence-electron chi connectivity index (χ0n) is 8.42. The molecular formula is C11H17NS. The lowest BCUT2D eigenvalue weighted by molar-refractivity contribution is 0.761. The summed E-state index contributed by atoms with van der Waals surface area (Å²) in [5.41, 5.74) is 2.63. The lowest BCUT2D eigenvalue weighted by Crippen LogP contribution is -2.12. The molecule has 0 aliphatic carbocycles. The smallest absolute Gasteiger partial charge is 0.0552 e. The fourth-order valence-electron chi connectivity index (χ4n) is 1.42. The molecule has 0 aromatic carbocycles. The summed E-state index contributed by atoms with van der Waals surface area (Å²) in [4.78, 5) is 0. The van der Waals surface area contributed by atoms with Crippen molar-refractivity contribution >= 4 is 17.7 Å². The molecule has 0 saturated carbocycles. The maximum absolute atomic E-state index is 4.47. The molecule has 1 aliphatic rings. The summed E-state index contributed by atoms with van der Waals surface area (Å²) >= 11 is 1.70. The van der Waals surface area contributed by atoms with E-state index >= 15 is 0 Å². The molecule has 0 saturated heterocycles. The summed E-state index contributed by atoms with van der Waals surface area (Å²) in [6.07, 6.45) is 6.28. The van der Waals surface area contributed by atoms with Crippen LogP contribution >= 0.6 is 11.9 Å². The second-order valence-electron chi connectivity index (χ2n) is 3.29. The lowest BCUT2D eigenvalue weighted by atomic mass is 9.96. The number of hydrogen-bond acceptors (Lipinski definition) is 2. The quantitative estimate of drug-likeness (QED) is 0.493. The SMILES string of the molecule is C=CCC=C(C)C1=NSCC1CC. The van der Waals surface area contributed by atoms with Gasteiger partial charge < -0.3 is 0 Å². The largest absolute Gasteiger partial charge is 0.221 e. The first-order valence-electron chi connectivity index (χ1n) is 4.77. The monoisotopic (exact) mass is 195 g/mol. The van der Waals surface area contributed by atoms with Crippen LogP contribution in [0.25, 0.3) is 0 Å². The zero-order chi connectivity index (χ0) is 9.68. The molecule has 0 bridgehead atoms. The third-order valence-electron chi connectivity index (χ3n) is 2.31. The predicted octanol–water partition coefficient (Wildman–Crippen LogP) is 3.64. The van der Waals surface area contributed by atoms with E-state index in [0.29, 0.717) is 5.92 Å². The van der Waals surface area contributed by atoms with Gasteiger partial charge in [-0.2, -0.15) is 0 Å². The van der Waals surface area contributed by atoms with Gasteiger partial charge in [0.05, 0.1) is 5.71 Å². The van der Waals surface area contributed by atoms with Gasteiger partial charge in [0.1, 0.15) is 0 Å². The van der Waals surface area contributed by atoms with Crippen molar-refractivity contribution in [3.63, 3.8) is 0 Å². The molecule has 0 amide bonds. The number of hydrogen-bond donors (Lipinski definition) is 0. The highest BCUT2D eigenvalue weighted by molar-refractivity contribution is 7.98. The van der Waals surface area contributed by atoms with Crippen molar-refractivity contribution in [2.45, 2.75) is 26.7 Å². The van der Waals surface area contributed by atoms with E-state index in [1.165, 1.54) is 17.7 Å². The summed E-state index contributed by atoms with van der Waals surface area (Å²) < 4.78 is 4.47. The number of allylic oxidation sites excluding steroid dienone is 3. The van der Waals surface area contributed by atoms with Gasteiger partial charge in [-0.1, -0.05) is 19.1 Å². The normalized spacial score (nSPS) is 23.1. The van der Waals surface area contributed by atoms with Gasteiger partial charge >= 0.3 is 0 Å². The summed E-state index contributed by atoms with van der Waals surface area (Å²) in [6.45, 7) is 8.09. The number of nitrogens with zero attached hydrogens (tertiary/aromatic N) is 1. The maximum atomic E-state index is 4.47. The van der Waals surface area contributed by atoms with Gasteiger partial charge in [-0.05, 0) is 37.3 Å². The van der Waals surface area contributed by atoms with Gasteiger partial charge in [0, 0.05) is 11.7 Å². The van der Waals surface area contributed by atoms with E-state index < -0.39 is 0 Å². The minimum Gasteiger partial charge on any atom is -0.221 e. The van der Waals surface area contributed by atoms with Crippen molar-refractivity contribution in [1.29, 1.82) is 0 Å². The van der Waals surface area contributed by atoms with E-state index in [1.54, 1.807) is 11.9 Å². The second kappa shape index (κ2) is 5.28. The van der Waals surface area contributed by atoms with Crippen molar-refractivity contribution in [1.82, 2.24) is 0 Å². The topological polar surface area (TPSA) is 12.4 Å². The molecule has 0 N–H and O–H groups in total. The molecule has 0 aromatic heterocycles. The Morgan fingerprint density at radius 3 is 3.15 bits per heavy atom. The molecular weight excluding hydrogens is 178 g/mol. The lowest BCUT2D eigenvalue weighted by Gasteiger charge is -2.09. The molecule has 0 fully saturated rings. The van der Waals surface area contributed by atoms with Crippen LogP contribution in [0.15, 0.2) is 28.7 Å². The molecule has 72 valence electrons. The minimum atomic E-state index is 0.672. The Hall–Kier alpha value is -0.500. The van der Waals surface area contributed by atoms with E-state index in [9.17, 15) is 0 Å². The molecule has 0 spiro atoms. The van der Waals surface area contributed by atoms with Crippen LogP contribution in [0.2, 0.25) is 0 Å². The Morgan fingerprint density at radius 2 is 2.54 bits per heavy atom. The van der Waals surface area contributed by atoms with Gasteiger partial charge in [-0.15, -0.1) is 6.58 Å². The van der Waals surface area contributed by atoms with Crippen molar-refractivity contribution in [2.24, 2.45) is 10.3 Å². The van der Waals surface area contributed by atoms with Crippen LogP contribution in [0.1, 0.15) is 26.7 Å². The molecule has 1 rings (SSSR count). The molecule has 1 heterocycles. The standard InChI is InChI=1S/C11H17NS/c1-4-6-7-9(3)11-10(5-2)8-13-12-11/h4,7,10H,1,5-6,8H2,2-3H3. The average Bonchev–Trinajstić information content (AvgIpc) is 2.61. The van der Waals surface area contributed by atoms with Crippen LogP contribution < -0.4 is 0 Å². The highest BCUT2D eigenvalue weighted by Crippen LogP contribution is 2.27. The van der Waals surface area contributed by atoms with Crippen LogP contribution in [-0.4, -0.2) is 11.5 Å². The molecule has 1 aliphatic heterocycles. The molecule has 1 atom stereocenters. The molecule has 0 aromatic rings. The Kier molecular flexibility index (Phi) is 4.29. The first kappa shape index (κ1) is 10.6. The summed E-state index contributed by atoms with van der Waals surface area (Å²) in [5.74, 6) is 1.83. The fraction of sp³-hybridized carbons (Fsp3) is 0.545. The van der Waals surface area contributed by atoms with E-state index in [0.717, 1.165) is 12.2 Å². The third kappa shape index (κ3) is 2.73. The highest BCUT2D eigenvalue weighted by atomic mass is 32.2. The highest BCUT2D eigenvalue weighted by Gasteiger charge is 2.20. The van der Waals surface area contributed by atoms with Gasteiger partial charge in [-0.3, -0.25) is 0 Å². The van der Waals surface area contributed by atoms with Crippen LogP contribution in [0, 0.1) is 5.92 Å². The van der Waals surface area contributed by atoms with Gasteiger partial charge in [-0.25, -0.2) is 4.40 Å². The Labute approximate surface area is 85.2 Å². The summed E-state index contributed by atoms with van der Waals surface area (Å²) in [7, 11) is 0. The van der Waals surface area contributed by atoms with Crippen LogP contribution in [0.4, 0.5) is 0 Å². The van der Waals surface area contributed by atoms with Crippen LogP contribution in [0.5, 0.6) is 0 Å². The first-order valence-corrected chi connectivity index (χ1v) is 5.71. The van der Waals surface area contributed by atoms with E-state index in [2.05, 4.69) is 30.9 Å². The summed E-state index contributed by atoms with van der Waals surface area (Å²) in [5, 5.41) is 0. The van der Waals surface area contributed by atoms with E-state index in [-0.39, 0.29) is 0 Å². The van der Waals surface area contributed by atoms with Gasteiger partial charge in [0.25, 0.3) is 0 Å². The third-order valence-corrected chi connectivity index (χ3v) is 3.19. The van der Waals surface area contributed by atoms with E-state index in [1.807, 2.05) is 6.08 Å². The van der Waals surface area contributed by atoms with Crippen molar-refractivity contribution in [3.05, 3.63) is 24.3 Å². The molecule has 1 unspecified atom stereocenters. The van der Waals surface area contributed by atoms with Crippen LogP contribution in [0.3, 0.4) is 0 Å². The number of rotatable bonds is 4. The summed E-state index contributed by atoms with van der Waals surface area (Å²) in [6, 6.07) is 0. The minimum absolute atomic E-state index is 0.672. The zero-order valence-corrected chi connectivity index (χ0v) is 9.23. The van der Waals surface area contributed by atoms with E-state index in [4.69, 9.17) is 0 Å². The van der Waals surface area contributed by atoms with Crippen molar-refractivity contribution < 1.29 is 0 Å². The van der Waals surface area contributed by atoms with Crippen molar-refractivity contribution in [2.75, 3.05) is 5.75 Å². The predicted molar refractivity (Wildman–Crippen MR) is 62.2 cm³/mol. The molecule has 0 radical (unpaired) electrons. The molecule has 2 heteroatoms. The maximum Gasteiger partial charge on any atom is 0.0552 e. The Balaban J connectivity index is 2.64. The van der Waals surface area contributed by atoms with Gasteiger partial charge in [0.2, 0.25) is 0 Å². The fourth-order valence-corrected chi connectivity index (χ4v) is 2.50. The molecule has 1 nitrogen and oxygen atoms in total. The average molecular weight is 195 g/mol. The van der Waals surface area contributed by atoms with Crippen molar-refractivity contribution in [3.8, 4) is 0 Å². The Morgan fingerprint density at radius 1 is 1.77 bits per heavy atom. The second-order valence-corrected chi connectivity index (χ2v) is 4.06. The van der Waals surface area contributed by atoms with Gasteiger partial charge in [0.15, 0.2) is 0 Å².